The second-order valence-corrected chi connectivity index (χ2v) is 7.04. The van der Waals surface area contributed by atoms with Crippen LogP contribution in [0, 0.1) is 11.3 Å². The molecule has 1 amide bonds. The Hall–Kier alpha value is -2.53. The van der Waals surface area contributed by atoms with Gasteiger partial charge in [0.25, 0.3) is 5.91 Å². The maximum atomic E-state index is 12.7. The van der Waals surface area contributed by atoms with Gasteiger partial charge in [0.1, 0.15) is 18.1 Å². The van der Waals surface area contributed by atoms with Gasteiger partial charge in [-0.2, -0.15) is 5.26 Å². The molecule has 29 heavy (non-hydrogen) atoms. The van der Waals surface area contributed by atoms with E-state index in [2.05, 4.69) is 15.6 Å². The van der Waals surface area contributed by atoms with Crippen LogP contribution in [0.4, 0.5) is 0 Å². The lowest BCUT2D eigenvalue weighted by molar-refractivity contribution is -0.114. The summed E-state index contributed by atoms with van der Waals surface area (Å²) < 4.78 is 5.06. The van der Waals surface area contributed by atoms with Crippen molar-refractivity contribution in [2.45, 2.75) is 27.3 Å². The zero-order valence-electron chi connectivity index (χ0n) is 16.7. The molecule has 0 aliphatic carbocycles. The number of halogens is 2. The fourth-order valence-corrected chi connectivity index (χ4v) is 2.47. The molecule has 156 valence electrons. The van der Waals surface area contributed by atoms with Crippen molar-refractivity contribution >= 4 is 34.8 Å². The van der Waals surface area contributed by atoms with Crippen LogP contribution in [0.3, 0.4) is 0 Å². The summed E-state index contributed by atoms with van der Waals surface area (Å²) in [6.07, 6.45) is 1.32. The Morgan fingerprint density at radius 1 is 1.31 bits per heavy atom. The number of carbonyl (C=O) groups excluding carboxylic acids is 1. The zero-order valence-corrected chi connectivity index (χ0v) is 18.2. The SMILES string of the molecule is CC(C)=C(NCc1ccc(Cl)c(Cl)c1)NC(=O)C(=NCCOCC#N)/C(C)=C\N. The number of carbonyl (C=O) groups is 1. The minimum Gasteiger partial charge on any atom is -0.404 e. The number of hydrogen-bond acceptors (Lipinski definition) is 6. The molecule has 0 saturated heterocycles. The summed E-state index contributed by atoms with van der Waals surface area (Å²) in [6, 6.07) is 7.20. The van der Waals surface area contributed by atoms with Crippen molar-refractivity contribution in [1.82, 2.24) is 10.6 Å². The number of amides is 1. The predicted molar refractivity (Wildman–Crippen MR) is 116 cm³/mol. The number of allylic oxidation sites excluding steroid dienone is 1. The molecule has 4 N–H and O–H groups in total. The Morgan fingerprint density at radius 2 is 2.03 bits per heavy atom. The number of ether oxygens (including phenoxy) is 1. The second kappa shape index (κ2) is 12.8. The Labute approximate surface area is 181 Å². The van der Waals surface area contributed by atoms with E-state index in [0.29, 0.717) is 28.0 Å². The highest BCUT2D eigenvalue weighted by Gasteiger charge is 2.15. The van der Waals surface area contributed by atoms with Gasteiger partial charge in [-0.15, -0.1) is 0 Å². The summed E-state index contributed by atoms with van der Waals surface area (Å²) in [5.41, 5.74) is 8.08. The largest absolute Gasteiger partial charge is 0.404 e. The van der Waals surface area contributed by atoms with Gasteiger partial charge in [-0.1, -0.05) is 29.3 Å². The van der Waals surface area contributed by atoms with Gasteiger partial charge in [-0.05, 0) is 55.8 Å². The minimum absolute atomic E-state index is 0.0245. The van der Waals surface area contributed by atoms with Crippen molar-refractivity contribution in [3.63, 3.8) is 0 Å². The van der Waals surface area contributed by atoms with Crippen LogP contribution in [0.25, 0.3) is 0 Å². The highest BCUT2D eigenvalue weighted by atomic mass is 35.5. The molecule has 0 saturated carbocycles. The molecule has 0 spiro atoms. The first-order valence-corrected chi connectivity index (χ1v) is 9.60. The van der Waals surface area contributed by atoms with Gasteiger partial charge >= 0.3 is 0 Å². The van der Waals surface area contributed by atoms with Gasteiger partial charge in [0, 0.05) is 6.54 Å². The number of hydrogen-bond donors (Lipinski definition) is 3. The Morgan fingerprint density at radius 3 is 2.62 bits per heavy atom. The van der Waals surface area contributed by atoms with Crippen LogP contribution in [0.1, 0.15) is 26.3 Å². The molecular formula is C20H25Cl2N5O2. The van der Waals surface area contributed by atoms with Crippen LogP contribution in [-0.4, -0.2) is 31.4 Å². The zero-order chi connectivity index (χ0) is 21.8. The molecular weight excluding hydrogens is 413 g/mol. The molecule has 1 rings (SSSR count). The third-order valence-corrected chi connectivity index (χ3v) is 4.44. The van der Waals surface area contributed by atoms with Crippen LogP contribution < -0.4 is 16.4 Å². The number of rotatable bonds is 10. The van der Waals surface area contributed by atoms with Crippen LogP contribution in [0.2, 0.25) is 10.0 Å². The first kappa shape index (κ1) is 24.5. The average molecular weight is 438 g/mol. The van der Waals surface area contributed by atoms with Gasteiger partial charge in [0.05, 0.1) is 29.3 Å². The summed E-state index contributed by atoms with van der Waals surface area (Å²) in [5.74, 6) is 0.154. The van der Waals surface area contributed by atoms with Gasteiger partial charge in [-0.3, -0.25) is 9.79 Å². The van der Waals surface area contributed by atoms with Gasteiger partial charge in [0.2, 0.25) is 0 Å². The molecule has 1 aromatic carbocycles. The molecule has 0 atom stereocenters. The summed E-state index contributed by atoms with van der Waals surface area (Å²) in [6.45, 7) is 6.32. The average Bonchev–Trinajstić information content (AvgIpc) is 2.69. The maximum Gasteiger partial charge on any atom is 0.275 e. The minimum atomic E-state index is -0.401. The molecule has 0 bridgehead atoms. The van der Waals surface area contributed by atoms with Crippen LogP contribution in [0.15, 0.2) is 46.4 Å². The number of nitriles is 1. The van der Waals surface area contributed by atoms with E-state index < -0.39 is 5.91 Å². The number of aliphatic imine (C=N–C) groups is 1. The summed E-state index contributed by atoms with van der Waals surface area (Å²) in [7, 11) is 0. The highest BCUT2D eigenvalue weighted by Crippen LogP contribution is 2.22. The van der Waals surface area contributed by atoms with Crippen molar-refractivity contribution in [3.05, 3.63) is 57.0 Å². The van der Waals surface area contributed by atoms with Gasteiger partial charge in [-0.25, -0.2) is 0 Å². The summed E-state index contributed by atoms with van der Waals surface area (Å²) in [4.78, 5) is 17.0. The number of benzene rings is 1. The lowest BCUT2D eigenvalue weighted by atomic mass is 10.1. The Bertz CT molecular complexity index is 853. The van der Waals surface area contributed by atoms with E-state index >= 15 is 0 Å². The molecule has 0 unspecified atom stereocenters. The van der Waals surface area contributed by atoms with E-state index in [1.807, 2.05) is 26.0 Å². The lowest BCUT2D eigenvalue weighted by Crippen LogP contribution is -2.37. The fraction of sp³-hybridized carbons (Fsp3) is 0.350. The topological polar surface area (TPSA) is 113 Å². The second-order valence-electron chi connectivity index (χ2n) is 6.22. The van der Waals surface area contributed by atoms with Crippen LogP contribution >= 0.6 is 23.2 Å². The smallest absolute Gasteiger partial charge is 0.275 e. The third kappa shape index (κ3) is 8.57. The van der Waals surface area contributed by atoms with E-state index in [0.717, 1.165) is 11.1 Å². The van der Waals surface area contributed by atoms with Crippen molar-refractivity contribution in [2.24, 2.45) is 10.7 Å². The van der Waals surface area contributed by atoms with Gasteiger partial charge < -0.3 is 21.1 Å². The standard InChI is InChI=1S/C20H25Cl2N5O2/c1-13(2)19(26-12-15-4-5-16(21)17(22)10-15)27-20(28)18(14(3)11-24)25-7-9-29-8-6-23/h4-5,10-11,26H,7-9,12,24H2,1-3H3,(H,27,28)/b14-11-,25-18?. The normalized spacial score (nSPS) is 11.6. The summed E-state index contributed by atoms with van der Waals surface area (Å²) >= 11 is 12.0. The molecule has 0 fully saturated rings. The van der Waals surface area contributed by atoms with E-state index in [1.165, 1.54) is 6.20 Å². The van der Waals surface area contributed by atoms with Crippen molar-refractivity contribution < 1.29 is 9.53 Å². The molecule has 0 aliphatic rings. The van der Waals surface area contributed by atoms with Crippen molar-refractivity contribution in [1.29, 1.82) is 5.26 Å². The molecule has 7 nitrogen and oxygen atoms in total. The van der Waals surface area contributed by atoms with E-state index in [1.54, 1.807) is 19.1 Å². The third-order valence-electron chi connectivity index (χ3n) is 3.70. The molecule has 0 aliphatic heterocycles. The molecule has 0 radical (unpaired) electrons. The van der Waals surface area contributed by atoms with Crippen molar-refractivity contribution in [3.8, 4) is 6.07 Å². The lowest BCUT2D eigenvalue weighted by Gasteiger charge is -2.16. The first-order valence-electron chi connectivity index (χ1n) is 8.84. The van der Waals surface area contributed by atoms with E-state index in [9.17, 15) is 4.79 Å². The predicted octanol–water partition coefficient (Wildman–Crippen LogP) is 3.29. The molecule has 9 heteroatoms. The summed E-state index contributed by atoms with van der Waals surface area (Å²) in [5, 5.41) is 15.4. The fourth-order valence-electron chi connectivity index (χ4n) is 2.15. The number of nitrogens with two attached hydrogens (primary N) is 1. The molecule has 1 aromatic rings. The van der Waals surface area contributed by atoms with E-state index in [4.69, 9.17) is 38.9 Å². The Balaban J connectivity index is 2.84. The highest BCUT2D eigenvalue weighted by molar-refractivity contribution is 6.45. The van der Waals surface area contributed by atoms with E-state index in [-0.39, 0.29) is 25.5 Å². The monoisotopic (exact) mass is 437 g/mol. The first-order chi connectivity index (χ1) is 13.8. The molecule has 0 aromatic heterocycles. The van der Waals surface area contributed by atoms with Gasteiger partial charge in [0.15, 0.2) is 0 Å². The molecule has 0 heterocycles. The van der Waals surface area contributed by atoms with Crippen molar-refractivity contribution in [2.75, 3.05) is 19.8 Å². The quantitative estimate of drug-likeness (QED) is 0.383. The van der Waals surface area contributed by atoms with Crippen LogP contribution in [-0.2, 0) is 16.1 Å². The number of nitrogens with one attached hydrogen (secondary N) is 2. The Kier molecular flexibility index (Phi) is 10.8. The van der Waals surface area contributed by atoms with Crippen LogP contribution in [0.5, 0.6) is 0 Å². The maximum absolute atomic E-state index is 12.7. The number of nitrogens with zero attached hydrogens (tertiary/aromatic N) is 2.